The molecule has 0 aliphatic carbocycles. The molecule has 0 spiro atoms. The van der Waals surface area contributed by atoms with Gasteiger partial charge >= 0.3 is 0 Å². The molecule has 0 aliphatic rings. The van der Waals surface area contributed by atoms with Crippen LogP contribution in [0, 0.1) is 0 Å². The molecular weight excluding hydrogens is 315 g/mol. The molecule has 0 radical (unpaired) electrons. The van der Waals surface area contributed by atoms with Gasteiger partial charge in [0.25, 0.3) is 5.91 Å². The SMILES string of the molecule is Cn1cc(C(C)(O)CNC(=O)c2cc(Cl)c(Cl)n2C)cn1. The lowest BCUT2D eigenvalue weighted by Gasteiger charge is -2.22. The molecule has 2 aromatic rings. The fraction of sp³-hybridized carbons (Fsp3) is 0.385. The molecule has 6 nitrogen and oxygen atoms in total. The Bertz CT molecular complexity index is 676. The molecule has 1 amide bonds. The first-order valence-corrected chi connectivity index (χ1v) is 6.98. The van der Waals surface area contributed by atoms with Crippen molar-refractivity contribution in [3.8, 4) is 0 Å². The molecule has 0 saturated carbocycles. The Morgan fingerprint density at radius 1 is 1.48 bits per heavy atom. The van der Waals surface area contributed by atoms with Crippen molar-refractivity contribution >= 4 is 29.1 Å². The summed E-state index contributed by atoms with van der Waals surface area (Å²) in [7, 11) is 3.40. The minimum Gasteiger partial charge on any atom is -0.383 e. The molecule has 2 heterocycles. The predicted octanol–water partition coefficient (Wildman–Crippen LogP) is 1.70. The highest BCUT2D eigenvalue weighted by molar-refractivity contribution is 6.41. The van der Waals surface area contributed by atoms with E-state index >= 15 is 0 Å². The van der Waals surface area contributed by atoms with Crippen LogP contribution in [0.3, 0.4) is 0 Å². The minimum absolute atomic E-state index is 0.0396. The summed E-state index contributed by atoms with van der Waals surface area (Å²) in [5, 5.41) is 17.7. The Morgan fingerprint density at radius 3 is 2.62 bits per heavy atom. The number of carbonyl (C=O) groups excluding carboxylic acids is 1. The predicted molar refractivity (Wildman–Crippen MR) is 80.5 cm³/mol. The molecule has 21 heavy (non-hydrogen) atoms. The summed E-state index contributed by atoms with van der Waals surface area (Å²) in [4.78, 5) is 12.1. The van der Waals surface area contributed by atoms with Crippen molar-refractivity contribution in [3.05, 3.63) is 39.9 Å². The maximum atomic E-state index is 12.1. The molecule has 114 valence electrons. The van der Waals surface area contributed by atoms with E-state index in [0.29, 0.717) is 21.4 Å². The van der Waals surface area contributed by atoms with Gasteiger partial charge in [-0.1, -0.05) is 23.2 Å². The van der Waals surface area contributed by atoms with Crippen LogP contribution >= 0.6 is 23.2 Å². The molecule has 2 aromatic heterocycles. The van der Waals surface area contributed by atoms with Crippen molar-refractivity contribution in [2.75, 3.05) is 6.54 Å². The zero-order valence-corrected chi connectivity index (χ0v) is 13.4. The number of rotatable bonds is 4. The van der Waals surface area contributed by atoms with Crippen LogP contribution in [0.4, 0.5) is 0 Å². The van der Waals surface area contributed by atoms with E-state index in [4.69, 9.17) is 23.2 Å². The number of amides is 1. The average Bonchev–Trinajstić information content (AvgIpc) is 2.96. The Kier molecular flexibility index (Phi) is 4.32. The first-order valence-electron chi connectivity index (χ1n) is 6.23. The highest BCUT2D eigenvalue weighted by Gasteiger charge is 2.26. The molecule has 1 atom stereocenters. The minimum atomic E-state index is -1.22. The van der Waals surface area contributed by atoms with E-state index in [1.165, 1.54) is 10.6 Å². The van der Waals surface area contributed by atoms with Crippen LogP contribution in [0.1, 0.15) is 23.0 Å². The van der Waals surface area contributed by atoms with Gasteiger partial charge in [-0.25, -0.2) is 0 Å². The highest BCUT2D eigenvalue weighted by Crippen LogP contribution is 2.25. The fourth-order valence-electron chi connectivity index (χ4n) is 1.90. The fourth-order valence-corrected chi connectivity index (χ4v) is 2.28. The van der Waals surface area contributed by atoms with E-state index < -0.39 is 5.60 Å². The maximum Gasteiger partial charge on any atom is 0.268 e. The lowest BCUT2D eigenvalue weighted by Crippen LogP contribution is -2.39. The van der Waals surface area contributed by atoms with Gasteiger partial charge in [-0.05, 0) is 13.0 Å². The van der Waals surface area contributed by atoms with Crippen molar-refractivity contribution in [1.82, 2.24) is 19.7 Å². The summed E-state index contributed by atoms with van der Waals surface area (Å²) < 4.78 is 3.07. The Morgan fingerprint density at radius 2 is 2.14 bits per heavy atom. The van der Waals surface area contributed by atoms with Gasteiger partial charge in [-0.2, -0.15) is 5.10 Å². The number of nitrogens with one attached hydrogen (secondary N) is 1. The van der Waals surface area contributed by atoms with Crippen LogP contribution in [0.2, 0.25) is 10.2 Å². The van der Waals surface area contributed by atoms with Crippen LogP contribution in [0.15, 0.2) is 18.5 Å². The van der Waals surface area contributed by atoms with E-state index in [0.717, 1.165) is 0 Å². The molecule has 0 bridgehead atoms. The Labute approximate surface area is 132 Å². The monoisotopic (exact) mass is 330 g/mol. The van der Waals surface area contributed by atoms with E-state index in [1.54, 1.807) is 38.1 Å². The van der Waals surface area contributed by atoms with Crippen molar-refractivity contribution in [3.63, 3.8) is 0 Å². The van der Waals surface area contributed by atoms with Crippen LogP contribution < -0.4 is 5.32 Å². The van der Waals surface area contributed by atoms with E-state index in [2.05, 4.69) is 10.4 Å². The third-order valence-electron chi connectivity index (χ3n) is 3.27. The van der Waals surface area contributed by atoms with E-state index in [-0.39, 0.29) is 12.5 Å². The number of halogens is 2. The smallest absolute Gasteiger partial charge is 0.268 e. The van der Waals surface area contributed by atoms with Crippen LogP contribution in [0.5, 0.6) is 0 Å². The molecule has 8 heteroatoms. The number of carbonyl (C=O) groups is 1. The molecule has 1 unspecified atom stereocenters. The van der Waals surface area contributed by atoms with Gasteiger partial charge < -0.3 is 15.0 Å². The second-order valence-electron chi connectivity index (χ2n) is 5.09. The molecule has 0 aliphatic heterocycles. The summed E-state index contributed by atoms with van der Waals surface area (Å²) in [6, 6.07) is 1.48. The summed E-state index contributed by atoms with van der Waals surface area (Å²) >= 11 is 11.8. The number of hydrogen-bond donors (Lipinski definition) is 2. The maximum absolute atomic E-state index is 12.1. The third kappa shape index (κ3) is 3.23. The van der Waals surface area contributed by atoms with Gasteiger partial charge in [-0.3, -0.25) is 9.48 Å². The van der Waals surface area contributed by atoms with Gasteiger partial charge in [0.2, 0.25) is 0 Å². The van der Waals surface area contributed by atoms with Crippen molar-refractivity contribution in [2.24, 2.45) is 14.1 Å². The van der Waals surface area contributed by atoms with Gasteiger partial charge in [0, 0.05) is 25.9 Å². The van der Waals surface area contributed by atoms with Crippen LogP contribution in [0.25, 0.3) is 0 Å². The first kappa shape index (κ1) is 15.9. The summed E-state index contributed by atoms with van der Waals surface area (Å²) in [6.45, 7) is 1.65. The third-order valence-corrected chi connectivity index (χ3v) is 4.11. The Balaban J connectivity index is 2.08. The molecule has 0 fully saturated rings. The number of aromatic nitrogens is 3. The highest BCUT2D eigenvalue weighted by atomic mass is 35.5. The van der Waals surface area contributed by atoms with Gasteiger partial charge in [0.1, 0.15) is 16.4 Å². The largest absolute Gasteiger partial charge is 0.383 e. The average molecular weight is 331 g/mol. The standard InChI is InChI=1S/C13H16Cl2N4O2/c1-13(21,8-5-17-18(2)6-8)7-16-12(20)10-4-9(14)11(15)19(10)3/h4-6,21H,7H2,1-3H3,(H,16,20). The first-order chi connectivity index (χ1) is 9.72. The number of nitrogens with zero attached hydrogens (tertiary/aromatic N) is 3. The van der Waals surface area contributed by atoms with E-state index in [9.17, 15) is 9.90 Å². The van der Waals surface area contributed by atoms with E-state index in [1.807, 2.05) is 0 Å². The summed E-state index contributed by atoms with van der Waals surface area (Å²) in [5.74, 6) is -0.365. The lowest BCUT2D eigenvalue weighted by atomic mass is 10.00. The number of hydrogen-bond acceptors (Lipinski definition) is 3. The number of aliphatic hydroxyl groups is 1. The van der Waals surface area contributed by atoms with Crippen LogP contribution in [-0.4, -0.2) is 31.9 Å². The van der Waals surface area contributed by atoms with Crippen molar-refractivity contribution < 1.29 is 9.90 Å². The summed E-state index contributed by atoms with van der Waals surface area (Å²) in [6.07, 6.45) is 3.25. The second kappa shape index (κ2) is 5.71. The van der Waals surface area contributed by atoms with Gasteiger partial charge in [0.05, 0.1) is 17.8 Å². The molecule has 2 N–H and O–H groups in total. The van der Waals surface area contributed by atoms with Crippen LogP contribution in [-0.2, 0) is 19.7 Å². The second-order valence-corrected chi connectivity index (χ2v) is 5.85. The van der Waals surface area contributed by atoms with Crippen molar-refractivity contribution in [2.45, 2.75) is 12.5 Å². The summed E-state index contributed by atoms with van der Waals surface area (Å²) in [5.41, 5.74) is -0.275. The number of aryl methyl sites for hydroxylation is 1. The molecule has 0 saturated heterocycles. The van der Waals surface area contributed by atoms with Gasteiger partial charge in [0.15, 0.2) is 0 Å². The van der Waals surface area contributed by atoms with Gasteiger partial charge in [-0.15, -0.1) is 0 Å². The zero-order chi connectivity index (χ0) is 15.8. The topological polar surface area (TPSA) is 72.1 Å². The molecule has 2 rings (SSSR count). The quantitative estimate of drug-likeness (QED) is 0.896. The molecule has 0 aromatic carbocycles. The lowest BCUT2D eigenvalue weighted by molar-refractivity contribution is 0.0523. The van der Waals surface area contributed by atoms with Crippen molar-refractivity contribution in [1.29, 1.82) is 0 Å². The normalized spacial score (nSPS) is 14.0. The Hall–Kier alpha value is -1.50. The zero-order valence-electron chi connectivity index (χ0n) is 11.9. The molecular formula is C13H16Cl2N4O2.